The number of hydrogen-bond donors (Lipinski definition) is 2. The maximum absolute atomic E-state index is 13.5. The average Bonchev–Trinajstić information content (AvgIpc) is 2.53. The quantitative estimate of drug-likeness (QED) is 0.383. The number of rotatable bonds is 5. The van der Waals surface area contributed by atoms with Crippen LogP contribution in [0.4, 0.5) is 13.2 Å². The molecule has 0 fully saturated rings. The highest BCUT2D eigenvalue weighted by Crippen LogP contribution is 2.23. The van der Waals surface area contributed by atoms with Gasteiger partial charge in [-0.3, -0.25) is 0 Å². The van der Waals surface area contributed by atoms with Crippen LogP contribution < -0.4 is 16.2 Å². The summed E-state index contributed by atoms with van der Waals surface area (Å²) >= 11 is 0. The number of nitrogens with two attached hydrogens (primary N) is 2. The Morgan fingerprint density at radius 2 is 1.78 bits per heavy atom. The van der Waals surface area contributed by atoms with Gasteiger partial charge >= 0.3 is 0 Å². The van der Waals surface area contributed by atoms with E-state index >= 15 is 0 Å². The summed E-state index contributed by atoms with van der Waals surface area (Å²) in [6.07, 6.45) is 1.39. The molecule has 0 aliphatic heterocycles. The van der Waals surface area contributed by atoms with Crippen molar-refractivity contribution >= 4 is 12.2 Å². The molecule has 0 aromatic heterocycles. The standard InChI is InChI=1S/C15H13F3N4O/c16-11-5-6-12(14(18)13(11)17)23-8-10-4-2-1-3-9(10)7-21-22-15(19)20/h1-7H,8H2,(H4,19,20,22). The van der Waals surface area contributed by atoms with Crippen molar-refractivity contribution in [2.75, 3.05) is 0 Å². The summed E-state index contributed by atoms with van der Waals surface area (Å²) in [5.41, 5.74) is 11.6. The first kappa shape index (κ1) is 16.3. The van der Waals surface area contributed by atoms with Gasteiger partial charge in [-0.25, -0.2) is 8.78 Å². The summed E-state index contributed by atoms with van der Waals surface area (Å²) < 4.78 is 44.8. The lowest BCUT2D eigenvalue weighted by Gasteiger charge is -2.09. The number of nitrogens with zero attached hydrogens (tertiary/aromatic N) is 2. The predicted octanol–water partition coefficient (Wildman–Crippen LogP) is 2.29. The molecule has 0 saturated heterocycles. The Morgan fingerprint density at radius 1 is 1.04 bits per heavy atom. The van der Waals surface area contributed by atoms with E-state index in [1.54, 1.807) is 24.3 Å². The van der Waals surface area contributed by atoms with Gasteiger partial charge in [-0.05, 0) is 17.7 Å². The predicted molar refractivity (Wildman–Crippen MR) is 80.5 cm³/mol. The van der Waals surface area contributed by atoms with Crippen molar-refractivity contribution < 1.29 is 17.9 Å². The lowest BCUT2D eigenvalue weighted by molar-refractivity contribution is 0.281. The van der Waals surface area contributed by atoms with Crippen molar-refractivity contribution in [1.29, 1.82) is 0 Å². The van der Waals surface area contributed by atoms with Crippen molar-refractivity contribution in [3.05, 3.63) is 65.0 Å². The molecular weight excluding hydrogens is 309 g/mol. The molecule has 8 heteroatoms. The monoisotopic (exact) mass is 322 g/mol. The molecule has 2 aromatic rings. The van der Waals surface area contributed by atoms with E-state index in [1.807, 2.05) is 0 Å². The van der Waals surface area contributed by atoms with E-state index < -0.39 is 17.5 Å². The maximum atomic E-state index is 13.5. The summed E-state index contributed by atoms with van der Waals surface area (Å²) in [4.78, 5) is 0. The van der Waals surface area contributed by atoms with E-state index in [-0.39, 0.29) is 18.3 Å². The number of ether oxygens (including phenoxy) is 1. The van der Waals surface area contributed by atoms with Crippen LogP contribution in [0.2, 0.25) is 0 Å². The Labute approximate surface area is 130 Å². The zero-order valence-electron chi connectivity index (χ0n) is 11.8. The minimum absolute atomic E-state index is 0.0774. The molecule has 0 heterocycles. The Kier molecular flexibility index (Phi) is 5.19. The highest BCUT2D eigenvalue weighted by Gasteiger charge is 2.14. The molecule has 2 aromatic carbocycles. The molecule has 120 valence electrons. The summed E-state index contributed by atoms with van der Waals surface area (Å²) in [6, 6.07) is 8.71. The largest absolute Gasteiger partial charge is 0.486 e. The van der Waals surface area contributed by atoms with Gasteiger partial charge in [-0.2, -0.15) is 9.49 Å². The molecule has 4 N–H and O–H groups in total. The normalized spacial score (nSPS) is 10.7. The van der Waals surface area contributed by atoms with Gasteiger partial charge in [0.2, 0.25) is 11.8 Å². The first-order chi connectivity index (χ1) is 11.0. The first-order valence-electron chi connectivity index (χ1n) is 6.45. The topological polar surface area (TPSA) is 86.0 Å². The molecule has 23 heavy (non-hydrogen) atoms. The van der Waals surface area contributed by atoms with Crippen molar-refractivity contribution in [2.45, 2.75) is 6.61 Å². The second kappa shape index (κ2) is 7.30. The van der Waals surface area contributed by atoms with Gasteiger partial charge in [-0.15, -0.1) is 5.10 Å². The fourth-order valence-corrected chi connectivity index (χ4v) is 1.72. The van der Waals surface area contributed by atoms with Crippen molar-refractivity contribution in [3.8, 4) is 5.75 Å². The van der Waals surface area contributed by atoms with Gasteiger partial charge in [0.05, 0.1) is 6.21 Å². The van der Waals surface area contributed by atoms with Gasteiger partial charge in [0.1, 0.15) is 6.61 Å². The van der Waals surface area contributed by atoms with Crippen molar-refractivity contribution in [3.63, 3.8) is 0 Å². The zero-order chi connectivity index (χ0) is 16.8. The Balaban J connectivity index is 2.17. The van der Waals surface area contributed by atoms with Gasteiger partial charge < -0.3 is 16.2 Å². The van der Waals surface area contributed by atoms with E-state index in [1.165, 1.54) is 6.21 Å². The molecule has 0 amide bonds. The van der Waals surface area contributed by atoms with Crippen LogP contribution in [0.1, 0.15) is 11.1 Å². The minimum atomic E-state index is -1.58. The lowest BCUT2D eigenvalue weighted by atomic mass is 10.1. The van der Waals surface area contributed by atoms with Gasteiger partial charge in [0.25, 0.3) is 0 Å². The maximum Gasteiger partial charge on any atom is 0.211 e. The van der Waals surface area contributed by atoms with E-state index in [4.69, 9.17) is 16.2 Å². The second-order valence-corrected chi connectivity index (χ2v) is 4.43. The Bertz CT molecular complexity index is 758. The van der Waals surface area contributed by atoms with E-state index in [0.29, 0.717) is 11.1 Å². The first-order valence-corrected chi connectivity index (χ1v) is 6.45. The highest BCUT2D eigenvalue weighted by atomic mass is 19.2. The van der Waals surface area contributed by atoms with E-state index in [2.05, 4.69) is 10.2 Å². The average molecular weight is 322 g/mol. The van der Waals surface area contributed by atoms with E-state index in [0.717, 1.165) is 12.1 Å². The smallest absolute Gasteiger partial charge is 0.211 e. The molecule has 0 unspecified atom stereocenters. The Hall–Kier alpha value is -3.03. The molecule has 0 spiro atoms. The van der Waals surface area contributed by atoms with Crippen LogP contribution in [0.5, 0.6) is 5.75 Å². The van der Waals surface area contributed by atoms with Gasteiger partial charge in [0, 0.05) is 5.56 Å². The van der Waals surface area contributed by atoms with E-state index in [9.17, 15) is 13.2 Å². The molecule has 0 aliphatic rings. The second-order valence-electron chi connectivity index (χ2n) is 4.43. The SMILES string of the molecule is NC(N)=NN=Cc1ccccc1COc1ccc(F)c(F)c1F. The molecule has 0 saturated carbocycles. The number of hydrogen-bond acceptors (Lipinski definition) is 3. The summed E-state index contributed by atoms with van der Waals surface area (Å²) in [6.45, 7) is -0.0774. The third-order valence-corrected chi connectivity index (χ3v) is 2.81. The number of benzene rings is 2. The van der Waals surface area contributed by atoms with Crippen LogP contribution in [0, 0.1) is 17.5 Å². The summed E-state index contributed by atoms with van der Waals surface area (Å²) in [7, 11) is 0. The molecule has 5 nitrogen and oxygen atoms in total. The van der Waals surface area contributed by atoms with Gasteiger partial charge in [0.15, 0.2) is 17.4 Å². The van der Waals surface area contributed by atoms with Crippen LogP contribution in [0.15, 0.2) is 46.6 Å². The highest BCUT2D eigenvalue weighted by molar-refractivity contribution is 5.83. The minimum Gasteiger partial charge on any atom is -0.486 e. The summed E-state index contributed by atoms with van der Waals surface area (Å²) in [5.74, 6) is -4.82. The third-order valence-electron chi connectivity index (χ3n) is 2.81. The molecule has 0 radical (unpaired) electrons. The third kappa shape index (κ3) is 4.22. The van der Waals surface area contributed by atoms with Crippen LogP contribution in [-0.4, -0.2) is 12.2 Å². The fourth-order valence-electron chi connectivity index (χ4n) is 1.72. The number of halogens is 3. The summed E-state index contributed by atoms with van der Waals surface area (Å²) in [5, 5.41) is 7.14. The molecular formula is C15H13F3N4O. The van der Waals surface area contributed by atoms with Crippen LogP contribution >= 0.6 is 0 Å². The van der Waals surface area contributed by atoms with Gasteiger partial charge in [-0.1, -0.05) is 24.3 Å². The lowest BCUT2D eigenvalue weighted by Crippen LogP contribution is -2.21. The fraction of sp³-hybridized carbons (Fsp3) is 0.0667. The number of guanidine groups is 1. The molecule has 0 aliphatic carbocycles. The zero-order valence-corrected chi connectivity index (χ0v) is 11.8. The van der Waals surface area contributed by atoms with Crippen molar-refractivity contribution in [1.82, 2.24) is 0 Å². The molecule has 2 rings (SSSR count). The van der Waals surface area contributed by atoms with Crippen LogP contribution in [-0.2, 0) is 6.61 Å². The van der Waals surface area contributed by atoms with Crippen LogP contribution in [0.3, 0.4) is 0 Å². The Morgan fingerprint density at radius 3 is 2.52 bits per heavy atom. The van der Waals surface area contributed by atoms with Crippen molar-refractivity contribution in [2.24, 2.45) is 21.7 Å². The molecule has 0 atom stereocenters. The van der Waals surface area contributed by atoms with Crippen LogP contribution in [0.25, 0.3) is 0 Å². The molecule has 0 bridgehead atoms.